The lowest BCUT2D eigenvalue weighted by Gasteiger charge is -2.32. The summed E-state index contributed by atoms with van der Waals surface area (Å²) in [5.74, 6) is 1.01. The van der Waals surface area contributed by atoms with Crippen LogP contribution in [0.25, 0.3) is 0 Å². The molecule has 1 unspecified atom stereocenters. The number of hydrogen-bond donors (Lipinski definition) is 0. The highest BCUT2D eigenvalue weighted by Gasteiger charge is 2.28. The van der Waals surface area contributed by atoms with Gasteiger partial charge >= 0.3 is 0 Å². The van der Waals surface area contributed by atoms with Crippen molar-refractivity contribution in [1.82, 2.24) is 9.80 Å². The van der Waals surface area contributed by atoms with Gasteiger partial charge in [-0.2, -0.15) is 0 Å². The van der Waals surface area contributed by atoms with Gasteiger partial charge < -0.3 is 9.64 Å². The summed E-state index contributed by atoms with van der Waals surface area (Å²) in [6, 6.07) is 17.5. The molecule has 0 spiro atoms. The normalized spacial score (nSPS) is 20.0. The van der Waals surface area contributed by atoms with E-state index in [1.54, 1.807) is 0 Å². The maximum atomic E-state index is 6.08. The fourth-order valence-electron chi connectivity index (χ4n) is 4.01. The fourth-order valence-corrected chi connectivity index (χ4v) is 4.38. The predicted octanol–water partition coefficient (Wildman–Crippen LogP) is 5.17. The third kappa shape index (κ3) is 5.39. The molecule has 0 N–H and O–H groups in total. The molecular weight excluding hydrogens is 447 g/mol. The average Bonchev–Trinajstić information content (AvgIpc) is 3.09. The molecule has 0 saturated carbocycles. The Morgan fingerprint density at radius 3 is 2.41 bits per heavy atom. The van der Waals surface area contributed by atoms with Crippen molar-refractivity contribution >= 4 is 40.7 Å². The first-order valence-electron chi connectivity index (χ1n) is 9.25. The van der Waals surface area contributed by atoms with Crippen LogP contribution in [-0.2, 0) is 0 Å². The van der Waals surface area contributed by atoms with Gasteiger partial charge in [0.25, 0.3) is 0 Å². The molecule has 2 aromatic carbocycles. The van der Waals surface area contributed by atoms with Gasteiger partial charge in [-0.1, -0.05) is 46.3 Å². The summed E-state index contributed by atoms with van der Waals surface area (Å²) in [5, 5.41) is 0. The number of likely N-dealkylation sites (tertiary alicyclic amines) is 1. The van der Waals surface area contributed by atoms with Crippen LogP contribution < -0.4 is 4.74 Å². The van der Waals surface area contributed by atoms with E-state index in [1.165, 1.54) is 37.1 Å². The van der Waals surface area contributed by atoms with Crippen molar-refractivity contribution < 1.29 is 4.74 Å². The number of benzene rings is 2. The van der Waals surface area contributed by atoms with Crippen molar-refractivity contribution in [2.75, 3.05) is 39.3 Å². The standard InChI is InChI=1S/C21H25BrN2O.2ClH/c22-18-8-9-20-19(16-18)21(17-6-2-1-3-7-17)24(14-15-25-20)13-12-23-10-4-5-11-23;;/h1-3,6-9,16,21H,4-5,10-15H2;2*1H. The summed E-state index contributed by atoms with van der Waals surface area (Å²) in [7, 11) is 0. The zero-order valence-corrected chi connectivity index (χ0v) is 18.6. The number of hydrogen-bond acceptors (Lipinski definition) is 3. The quantitative estimate of drug-likeness (QED) is 0.608. The van der Waals surface area contributed by atoms with E-state index >= 15 is 0 Å². The summed E-state index contributed by atoms with van der Waals surface area (Å²) in [6.07, 6.45) is 2.70. The minimum absolute atomic E-state index is 0. The lowest BCUT2D eigenvalue weighted by molar-refractivity contribution is 0.177. The van der Waals surface area contributed by atoms with Crippen LogP contribution in [0.2, 0.25) is 0 Å². The first-order valence-corrected chi connectivity index (χ1v) is 10.0. The van der Waals surface area contributed by atoms with Gasteiger partial charge in [0.05, 0.1) is 6.04 Å². The molecule has 2 heterocycles. The molecular formula is C21H27BrCl2N2O. The van der Waals surface area contributed by atoms with E-state index in [9.17, 15) is 0 Å². The minimum atomic E-state index is 0. The molecule has 2 aliphatic rings. The summed E-state index contributed by atoms with van der Waals surface area (Å²) in [4.78, 5) is 5.18. The summed E-state index contributed by atoms with van der Waals surface area (Å²) in [5.41, 5.74) is 2.60. The van der Waals surface area contributed by atoms with Gasteiger partial charge in [-0.15, -0.1) is 24.8 Å². The van der Waals surface area contributed by atoms with E-state index < -0.39 is 0 Å². The Hall–Kier alpha value is -0.780. The van der Waals surface area contributed by atoms with Gasteiger partial charge in [-0.25, -0.2) is 0 Å². The first kappa shape index (κ1) is 22.5. The van der Waals surface area contributed by atoms with Crippen molar-refractivity contribution in [1.29, 1.82) is 0 Å². The molecule has 1 saturated heterocycles. The maximum absolute atomic E-state index is 6.08. The Labute approximate surface area is 183 Å². The topological polar surface area (TPSA) is 15.7 Å². The summed E-state index contributed by atoms with van der Waals surface area (Å²) in [6.45, 7) is 6.43. The molecule has 0 aliphatic carbocycles. The molecule has 2 aromatic rings. The zero-order chi connectivity index (χ0) is 17.1. The monoisotopic (exact) mass is 472 g/mol. The first-order chi connectivity index (χ1) is 12.3. The van der Waals surface area contributed by atoms with Crippen molar-refractivity contribution in [3.63, 3.8) is 0 Å². The smallest absolute Gasteiger partial charge is 0.124 e. The molecule has 3 nitrogen and oxygen atoms in total. The third-order valence-corrected chi connectivity index (χ3v) is 5.78. The number of ether oxygens (including phenoxy) is 1. The van der Waals surface area contributed by atoms with Crippen LogP contribution in [0.5, 0.6) is 5.75 Å². The van der Waals surface area contributed by atoms with Gasteiger partial charge in [0.1, 0.15) is 12.4 Å². The van der Waals surface area contributed by atoms with Gasteiger partial charge in [0.2, 0.25) is 0 Å². The van der Waals surface area contributed by atoms with E-state index in [0.717, 1.165) is 36.5 Å². The Kier molecular flexibility index (Phi) is 8.90. The lowest BCUT2D eigenvalue weighted by Crippen LogP contribution is -2.37. The van der Waals surface area contributed by atoms with E-state index in [1.807, 2.05) is 0 Å². The van der Waals surface area contributed by atoms with Gasteiger partial charge in [-0.3, -0.25) is 4.90 Å². The van der Waals surface area contributed by atoms with Gasteiger partial charge in [-0.05, 0) is 49.7 Å². The minimum Gasteiger partial charge on any atom is -0.492 e. The number of rotatable bonds is 4. The predicted molar refractivity (Wildman–Crippen MR) is 120 cm³/mol. The van der Waals surface area contributed by atoms with Crippen LogP contribution in [0.4, 0.5) is 0 Å². The zero-order valence-electron chi connectivity index (χ0n) is 15.4. The average molecular weight is 474 g/mol. The Balaban J connectivity index is 0.00000131. The van der Waals surface area contributed by atoms with Crippen molar-refractivity contribution in [3.05, 3.63) is 64.1 Å². The van der Waals surface area contributed by atoms with Crippen molar-refractivity contribution in [2.24, 2.45) is 0 Å². The van der Waals surface area contributed by atoms with E-state index in [4.69, 9.17) is 4.74 Å². The van der Waals surface area contributed by atoms with Crippen LogP contribution in [0, 0.1) is 0 Å². The second-order valence-corrected chi connectivity index (χ2v) is 7.84. The molecule has 148 valence electrons. The molecule has 2 aliphatic heterocycles. The van der Waals surface area contributed by atoms with Crippen LogP contribution in [0.1, 0.15) is 30.0 Å². The second kappa shape index (κ2) is 10.7. The molecule has 0 amide bonds. The van der Waals surface area contributed by atoms with Crippen LogP contribution in [-0.4, -0.2) is 49.1 Å². The molecule has 0 radical (unpaired) electrons. The highest BCUT2D eigenvalue weighted by atomic mass is 79.9. The van der Waals surface area contributed by atoms with Crippen LogP contribution in [0.3, 0.4) is 0 Å². The Morgan fingerprint density at radius 2 is 1.67 bits per heavy atom. The van der Waals surface area contributed by atoms with Crippen molar-refractivity contribution in [2.45, 2.75) is 18.9 Å². The highest BCUT2D eigenvalue weighted by molar-refractivity contribution is 9.10. The van der Waals surface area contributed by atoms with E-state index in [0.29, 0.717) is 0 Å². The largest absolute Gasteiger partial charge is 0.492 e. The number of nitrogens with zero attached hydrogens (tertiary/aromatic N) is 2. The maximum Gasteiger partial charge on any atom is 0.124 e. The van der Waals surface area contributed by atoms with E-state index in [2.05, 4.69) is 74.3 Å². The third-order valence-electron chi connectivity index (χ3n) is 5.29. The fraction of sp³-hybridized carbons (Fsp3) is 0.429. The summed E-state index contributed by atoms with van der Waals surface area (Å²) >= 11 is 3.65. The highest BCUT2D eigenvalue weighted by Crippen LogP contribution is 2.38. The molecule has 0 bridgehead atoms. The van der Waals surface area contributed by atoms with Crippen LogP contribution in [0.15, 0.2) is 53.0 Å². The molecule has 1 atom stereocenters. The van der Waals surface area contributed by atoms with Gasteiger partial charge in [0.15, 0.2) is 0 Å². The lowest BCUT2D eigenvalue weighted by atomic mass is 9.96. The van der Waals surface area contributed by atoms with Crippen molar-refractivity contribution in [3.8, 4) is 5.75 Å². The van der Waals surface area contributed by atoms with Crippen LogP contribution >= 0.6 is 40.7 Å². The Morgan fingerprint density at radius 1 is 0.926 bits per heavy atom. The molecule has 27 heavy (non-hydrogen) atoms. The molecule has 1 fully saturated rings. The molecule has 6 heteroatoms. The summed E-state index contributed by atoms with van der Waals surface area (Å²) < 4.78 is 7.19. The second-order valence-electron chi connectivity index (χ2n) is 6.93. The SMILES string of the molecule is Brc1ccc2c(c1)C(c1ccccc1)N(CCN1CCCC1)CCO2.Cl.Cl. The molecule has 4 rings (SSSR count). The number of fused-ring (bicyclic) bond motifs is 1. The molecule has 0 aromatic heterocycles. The van der Waals surface area contributed by atoms with E-state index in [-0.39, 0.29) is 30.9 Å². The number of halogens is 3. The Bertz CT molecular complexity index is 711. The van der Waals surface area contributed by atoms with Gasteiger partial charge in [0, 0.05) is 29.7 Å².